The highest BCUT2D eigenvalue weighted by Gasteiger charge is 2.33. The Balaban J connectivity index is 1.80. The molecule has 3 rings (SSSR count). The van der Waals surface area contributed by atoms with Gasteiger partial charge in [0.05, 0.1) is 30.9 Å². The number of nitrogens with one attached hydrogen (secondary N) is 2. The molecule has 2 atom stereocenters. The first-order valence-electron chi connectivity index (χ1n) is 10.3. The second-order valence-electron chi connectivity index (χ2n) is 8.00. The van der Waals surface area contributed by atoms with Crippen molar-refractivity contribution in [1.82, 2.24) is 10.6 Å². The number of hydrogen-bond acceptors (Lipinski definition) is 6. The molecule has 2 N–H and O–H groups in total. The van der Waals surface area contributed by atoms with Gasteiger partial charge in [0.25, 0.3) is 5.91 Å². The maximum absolute atomic E-state index is 13.1. The molecule has 0 fully saturated rings. The highest BCUT2D eigenvalue weighted by atomic mass is 32.2. The topological polar surface area (TPSA) is 111 Å². The van der Waals surface area contributed by atoms with E-state index in [1.807, 2.05) is 13.8 Å². The smallest absolute Gasteiger partial charge is 0.252 e. The van der Waals surface area contributed by atoms with Crippen molar-refractivity contribution in [2.45, 2.75) is 37.2 Å². The third kappa shape index (κ3) is 5.04. The molecule has 2 aromatic rings. The van der Waals surface area contributed by atoms with Crippen LogP contribution in [-0.4, -0.2) is 46.2 Å². The third-order valence-corrected chi connectivity index (χ3v) is 7.29. The summed E-state index contributed by atoms with van der Waals surface area (Å²) in [5.41, 5.74) is 0.868. The number of carbonyl (C=O) groups excluding carboxylic acids is 2. The van der Waals surface area contributed by atoms with Crippen LogP contribution in [0, 0.1) is 5.92 Å². The first kappa shape index (κ1) is 23.6. The molecule has 0 unspecified atom stereocenters. The van der Waals surface area contributed by atoms with Gasteiger partial charge < -0.3 is 20.1 Å². The van der Waals surface area contributed by atoms with Crippen LogP contribution < -0.4 is 20.1 Å². The second-order valence-corrected chi connectivity index (χ2v) is 10.1. The van der Waals surface area contributed by atoms with E-state index in [1.165, 1.54) is 14.2 Å². The highest BCUT2D eigenvalue weighted by Crippen LogP contribution is 2.32. The molecule has 172 valence electrons. The van der Waals surface area contributed by atoms with Crippen molar-refractivity contribution in [3.8, 4) is 11.5 Å². The number of amides is 2. The highest BCUT2D eigenvalue weighted by molar-refractivity contribution is 7.91. The molecule has 1 aliphatic rings. The maximum Gasteiger partial charge on any atom is 0.252 e. The Bertz CT molecular complexity index is 1090. The van der Waals surface area contributed by atoms with E-state index in [1.54, 1.807) is 42.5 Å². The SMILES string of the molecule is COc1cc(OC)cc(C(=O)N[C@H](C(=O)N[C@@H]2CCS(=O)(=O)c3ccccc32)C(C)C)c1. The van der Waals surface area contributed by atoms with Gasteiger partial charge in [0.1, 0.15) is 17.5 Å². The van der Waals surface area contributed by atoms with Gasteiger partial charge in [0.15, 0.2) is 9.84 Å². The number of fused-ring (bicyclic) bond motifs is 1. The van der Waals surface area contributed by atoms with Crippen LogP contribution in [0.3, 0.4) is 0 Å². The zero-order chi connectivity index (χ0) is 23.5. The van der Waals surface area contributed by atoms with Crippen molar-refractivity contribution in [2.75, 3.05) is 20.0 Å². The van der Waals surface area contributed by atoms with Crippen molar-refractivity contribution in [2.24, 2.45) is 5.92 Å². The molecular weight excluding hydrogens is 432 g/mol. The minimum absolute atomic E-state index is 0.0444. The zero-order valence-electron chi connectivity index (χ0n) is 18.5. The van der Waals surface area contributed by atoms with Crippen LogP contribution in [0.25, 0.3) is 0 Å². The largest absolute Gasteiger partial charge is 0.497 e. The summed E-state index contributed by atoms with van der Waals surface area (Å²) < 4.78 is 35.1. The van der Waals surface area contributed by atoms with Crippen molar-refractivity contribution >= 4 is 21.7 Å². The van der Waals surface area contributed by atoms with Gasteiger partial charge in [-0.3, -0.25) is 9.59 Å². The summed E-state index contributed by atoms with van der Waals surface area (Å²) >= 11 is 0. The van der Waals surface area contributed by atoms with Gasteiger partial charge in [-0.05, 0) is 36.1 Å². The lowest BCUT2D eigenvalue weighted by Gasteiger charge is -2.29. The molecule has 0 aliphatic carbocycles. The van der Waals surface area contributed by atoms with Gasteiger partial charge >= 0.3 is 0 Å². The Morgan fingerprint density at radius 3 is 2.25 bits per heavy atom. The van der Waals surface area contributed by atoms with Crippen LogP contribution in [-0.2, 0) is 14.6 Å². The third-order valence-electron chi connectivity index (χ3n) is 5.47. The summed E-state index contributed by atoms with van der Waals surface area (Å²) in [4.78, 5) is 26.2. The number of methoxy groups -OCH3 is 2. The van der Waals surface area contributed by atoms with Crippen LogP contribution >= 0.6 is 0 Å². The average molecular weight is 461 g/mol. The summed E-state index contributed by atoms with van der Waals surface area (Å²) in [5.74, 6) is -0.142. The van der Waals surface area contributed by atoms with Gasteiger partial charge in [-0.15, -0.1) is 0 Å². The van der Waals surface area contributed by atoms with Gasteiger partial charge in [-0.1, -0.05) is 32.0 Å². The number of benzene rings is 2. The van der Waals surface area contributed by atoms with E-state index >= 15 is 0 Å². The number of sulfone groups is 1. The summed E-state index contributed by atoms with van der Waals surface area (Å²) in [7, 11) is -0.382. The molecule has 1 heterocycles. The Hall–Kier alpha value is -3.07. The van der Waals surface area contributed by atoms with Crippen molar-refractivity contribution in [1.29, 1.82) is 0 Å². The molecule has 9 heteroatoms. The number of rotatable bonds is 7. The quantitative estimate of drug-likeness (QED) is 0.657. The van der Waals surface area contributed by atoms with Crippen LogP contribution in [0.5, 0.6) is 11.5 Å². The standard InChI is InChI=1S/C23H28N2O6S/c1-14(2)21(25-22(26)15-11-16(30-3)13-17(12-15)31-4)23(27)24-19-9-10-32(28,29)20-8-6-5-7-18(19)20/h5-8,11-14,19,21H,9-10H2,1-4H3,(H,24,27)(H,25,26)/t19-,21+/m1/s1. The fourth-order valence-corrected chi connectivity index (χ4v) is 5.32. The van der Waals surface area contributed by atoms with Crippen molar-refractivity contribution in [3.63, 3.8) is 0 Å². The molecule has 32 heavy (non-hydrogen) atoms. The predicted octanol–water partition coefficient (Wildman–Crippen LogP) is 2.49. The van der Waals surface area contributed by atoms with E-state index in [0.29, 0.717) is 22.6 Å². The molecule has 0 radical (unpaired) electrons. The molecule has 0 spiro atoms. The minimum atomic E-state index is -3.36. The molecule has 0 saturated carbocycles. The molecule has 0 saturated heterocycles. The van der Waals surface area contributed by atoms with Gasteiger partial charge in [0, 0.05) is 11.6 Å². The first-order chi connectivity index (χ1) is 15.2. The number of hydrogen-bond donors (Lipinski definition) is 2. The molecule has 0 bridgehead atoms. The monoisotopic (exact) mass is 460 g/mol. The average Bonchev–Trinajstić information content (AvgIpc) is 2.78. The van der Waals surface area contributed by atoms with Crippen molar-refractivity contribution in [3.05, 3.63) is 53.6 Å². The van der Waals surface area contributed by atoms with E-state index in [2.05, 4.69) is 10.6 Å². The Morgan fingerprint density at radius 2 is 1.66 bits per heavy atom. The Morgan fingerprint density at radius 1 is 1.03 bits per heavy atom. The fourth-order valence-electron chi connectivity index (χ4n) is 3.70. The number of ether oxygens (including phenoxy) is 2. The molecular formula is C23H28N2O6S. The predicted molar refractivity (Wildman–Crippen MR) is 120 cm³/mol. The Kier molecular flexibility index (Phi) is 7.08. The lowest BCUT2D eigenvalue weighted by molar-refractivity contribution is -0.124. The summed E-state index contributed by atoms with van der Waals surface area (Å²) in [5, 5.41) is 5.71. The summed E-state index contributed by atoms with van der Waals surface area (Å²) in [6, 6.07) is 10.2. The van der Waals surface area contributed by atoms with E-state index < -0.39 is 27.8 Å². The lowest BCUT2D eigenvalue weighted by Crippen LogP contribution is -2.51. The van der Waals surface area contributed by atoms with Crippen molar-refractivity contribution < 1.29 is 27.5 Å². The van der Waals surface area contributed by atoms with Gasteiger partial charge in [-0.2, -0.15) is 0 Å². The van der Waals surface area contributed by atoms with Crippen LogP contribution in [0.1, 0.15) is 42.2 Å². The van der Waals surface area contributed by atoms with Gasteiger partial charge in [-0.25, -0.2) is 8.42 Å². The van der Waals surface area contributed by atoms with Gasteiger partial charge in [0.2, 0.25) is 5.91 Å². The zero-order valence-corrected chi connectivity index (χ0v) is 19.4. The molecule has 8 nitrogen and oxygen atoms in total. The van der Waals surface area contributed by atoms with E-state index in [9.17, 15) is 18.0 Å². The first-order valence-corrected chi connectivity index (χ1v) is 12.0. The fraction of sp³-hybridized carbons (Fsp3) is 0.391. The Labute approximate surface area is 188 Å². The van der Waals surface area contributed by atoms with Crippen LogP contribution in [0.2, 0.25) is 0 Å². The molecule has 0 aromatic heterocycles. The lowest BCUT2D eigenvalue weighted by atomic mass is 9.99. The second kappa shape index (κ2) is 9.60. The molecule has 2 aromatic carbocycles. The molecule has 2 amide bonds. The normalized spacial score (nSPS) is 17.7. The number of carbonyl (C=O) groups is 2. The molecule has 1 aliphatic heterocycles. The summed E-state index contributed by atoms with van der Waals surface area (Å²) in [6.07, 6.45) is 0.275. The van der Waals surface area contributed by atoms with E-state index in [-0.39, 0.29) is 28.9 Å². The van der Waals surface area contributed by atoms with E-state index in [0.717, 1.165) is 0 Å². The van der Waals surface area contributed by atoms with E-state index in [4.69, 9.17) is 9.47 Å². The minimum Gasteiger partial charge on any atom is -0.497 e. The summed E-state index contributed by atoms with van der Waals surface area (Å²) in [6.45, 7) is 3.66. The maximum atomic E-state index is 13.1. The van der Waals surface area contributed by atoms with Crippen LogP contribution in [0.4, 0.5) is 0 Å². The van der Waals surface area contributed by atoms with Crippen LogP contribution in [0.15, 0.2) is 47.4 Å².